The molecule has 1 aromatic carbocycles. The molecule has 1 atom stereocenters. The zero-order valence-electron chi connectivity index (χ0n) is 15.9. The molecule has 0 unspecified atom stereocenters. The smallest absolute Gasteiger partial charge is 0.326 e. The molecule has 150 valence electrons. The summed E-state index contributed by atoms with van der Waals surface area (Å²) in [4.78, 5) is 30.5. The molecular formula is C20H25N3O5. The van der Waals surface area contributed by atoms with Crippen molar-refractivity contribution in [3.05, 3.63) is 41.1 Å². The number of hydrogen-bond donors (Lipinski definition) is 3. The van der Waals surface area contributed by atoms with E-state index < -0.39 is 12.0 Å². The molecule has 1 aliphatic rings. The first-order valence-electron chi connectivity index (χ1n) is 9.29. The lowest BCUT2D eigenvalue weighted by Crippen LogP contribution is -2.48. The Morgan fingerprint density at radius 3 is 2.71 bits per heavy atom. The van der Waals surface area contributed by atoms with E-state index in [2.05, 4.69) is 10.3 Å². The Bertz CT molecular complexity index is 864. The quantitative estimate of drug-likeness (QED) is 0.633. The van der Waals surface area contributed by atoms with Gasteiger partial charge < -0.3 is 20.3 Å². The van der Waals surface area contributed by atoms with Crippen molar-refractivity contribution in [2.75, 3.05) is 32.8 Å². The van der Waals surface area contributed by atoms with Crippen LogP contribution in [0.15, 0.2) is 24.3 Å². The second-order valence-corrected chi connectivity index (χ2v) is 6.95. The highest BCUT2D eigenvalue weighted by Crippen LogP contribution is 2.23. The van der Waals surface area contributed by atoms with Gasteiger partial charge >= 0.3 is 5.97 Å². The summed E-state index contributed by atoms with van der Waals surface area (Å²) in [5.41, 5.74) is 2.86. The molecule has 3 N–H and O–H groups in total. The number of amides is 1. The predicted octanol–water partition coefficient (Wildman–Crippen LogP) is 0.480. The van der Waals surface area contributed by atoms with Gasteiger partial charge in [0.1, 0.15) is 6.04 Å². The minimum absolute atomic E-state index is 0.114. The summed E-state index contributed by atoms with van der Waals surface area (Å²) in [7, 11) is 0. The number of benzene rings is 1. The van der Waals surface area contributed by atoms with Crippen molar-refractivity contribution < 1.29 is 24.5 Å². The van der Waals surface area contributed by atoms with E-state index in [0.717, 1.165) is 22.2 Å². The Kier molecular flexibility index (Phi) is 6.56. The first kappa shape index (κ1) is 20.2. The number of nitrogens with zero attached hydrogens (tertiary/aromatic N) is 2. The number of aromatic nitrogens is 1. The number of ether oxygens (including phenoxy) is 1. The third kappa shape index (κ3) is 4.83. The fraction of sp³-hybridized carbons (Fsp3) is 0.450. The van der Waals surface area contributed by atoms with Gasteiger partial charge in [-0.3, -0.25) is 14.7 Å². The number of rotatable bonds is 7. The van der Waals surface area contributed by atoms with E-state index in [0.29, 0.717) is 31.8 Å². The van der Waals surface area contributed by atoms with Gasteiger partial charge in [-0.15, -0.1) is 0 Å². The number of hydrogen-bond acceptors (Lipinski definition) is 6. The molecule has 0 radical (unpaired) electrons. The summed E-state index contributed by atoms with van der Waals surface area (Å²) in [6.07, 6.45) is 0.114. The van der Waals surface area contributed by atoms with E-state index >= 15 is 0 Å². The summed E-state index contributed by atoms with van der Waals surface area (Å²) in [5, 5.41) is 22.6. The van der Waals surface area contributed by atoms with Crippen molar-refractivity contribution in [1.29, 1.82) is 0 Å². The monoisotopic (exact) mass is 387 g/mol. The summed E-state index contributed by atoms with van der Waals surface area (Å²) in [5.74, 6) is -1.42. The highest BCUT2D eigenvalue weighted by atomic mass is 16.5. The van der Waals surface area contributed by atoms with Crippen molar-refractivity contribution in [2.45, 2.75) is 26.0 Å². The largest absolute Gasteiger partial charge is 0.480 e. The number of aliphatic hydroxyl groups excluding tert-OH is 1. The molecule has 1 aliphatic heterocycles. The summed E-state index contributed by atoms with van der Waals surface area (Å²) >= 11 is 0. The van der Waals surface area contributed by atoms with Crippen LogP contribution in [0.5, 0.6) is 0 Å². The third-order valence-corrected chi connectivity index (χ3v) is 4.84. The maximum atomic E-state index is 12.3. The van der Waals surface area contributed by atoms with Crippen LogP contribution in [-0.4, -0.2) is 70.9 Å². The molecule has 8 heteroatoms. The number of nitrogens with one attached hydrogen (secondary N) is 1. The zero-order valence-corrected chi connectivity index (χ0v) is 15.9. The van der Waals surface area contributed by atoms with Gasteiger partial charge in [-0.05, 0) is 24.1 Å². The Morgan fingerprint density at radius 1 is 1.29 bits per heavy atom. The average Bonchev–Trinajstić information content (AvgIpc) is 2.67. The molecule has 1 aromatic heterocycles. The van der Waals surface area contributed by atoms with Gasteiger partial charge in [0.05, 0.1) is 31.9 Å². The Balaban J connectivity index is 1.78. The summed E-state index contributed by atoms with van der Waals surface area (Å²) < 4.78 is 5.26. The van der Waals surface area contributed by atoms with Crippen LogP contribution in [0.2, 0.25) is 0 Å². The van der Waals surface area contributed by atoms with E-state index in [-0.39, 0.29) is 25.5 Å². The van der Waals surface area contributed by atoms with E-state index in [1.807, 2.05) is 30.0 Å². The second kappa shape index (κ2) is 9.09. The van der Waals surface area contributed by atoms with Crippen LogP contribution >= 0.6 is 0 Å². The van der Waals surface area contributed by atoms with Crippen LogP contribution in [0.25, 0.3) is 10.9 Å². The third-order valence-electron chi connectivity index (χ3n) is 4.84. The summed E-state index contributed by atoms with van der Waals surface area (Å²) in [6.45, 7) is 4.31. The number of carbonyl (C=O) groups excluding carboxylic acids is 1. The highest BCUT2D eigenvalue weighted by Gasteiger charge is 2.23. The number of fused-ring (bicyclic) bond motifs is 1. The summed E-state index contributed by atoms with van der Waals surface area (Å²) in [6, 6.07) is 6.22. The van der Waals surface area contributed by atoms with Crippen LogP contribution in [0.3, 0.4) is 0 Å². The Morgan fingerprint density at radius 2 is 2.04 bits per heavy atom. The molecule has 0 saturated carbocycles. The van der Waals surface area contributed by atoms with Crippen LogP contribution < -0.4 is 5.32 Å². The number of aliphatic carboxylic acids is 1. The molecular weight excluding hydrogens is 362 g/mol. The van der Waals surface area contributed by atoms with E-state index in [4.69, 9.17) is 4.74 Å². The molecule has 0 spiro atoms. The molecule has 8 nitrogen and oxygen atoms in total. The van der Waals surface area contributed by atoms with Crippen molar-refractivity contribution in [1.82, 2.24) is 15.2 Å². The number of para-hydroxylation sites is 1. The van der Waals surface area contributed by atoms with Gasteiger partial charge in [-0.25, -0.2) is 4.79 Å². The first-order chi connectivity index (χ1) is 13.5. The lowest BCUT2D eigenvalue weighted by atomic mass is 9.99. The number of carboxylic acids is 1. The first-order valence-corrected chi connectivity index (χ1v) is 9.29. The van der Waals surface area contributed by atoms with Crippen LogP contribution in [0, 0.1) is 6.92 Å². The van der Waals surface area contributed by atoms with Gasteiger partial charge in [0.25, 0.3) is 0 Å². The maximum absolute atomic E-state index is 12.3. The van der Waals surface area contributed by atoms with E-state index in [9.17, 15) is 19.8 Å². The molecule has 2 heterocycles. The zero-order chi connectivity index (χ0) is 20.1. The van der Waals surface area contributed by atoms with Gasteiger partial charge in [-0.1, -0.05) is 18.2 Å². The molecule has 1 fully saturated rings. The normalized spacial score (nSPS) is 16.1. The second-order valence-electron chi connectivity index (χ2n) is 6.95. The molecule has 3 rings (SSSR count). The SMILES string of the molecule is Cc1cc(CO)c2cccc(C[C@H](NC(=O)CN3CCOCC3)C(=O)O)c2n1. The highest BCUT2D eigenvalue weighted by molar-refractivity contribution is 5.88. The minimum atomic E-state index is -1.10. The maximum Gasteiger partial charge on any atom is 0.326 e. The van der Waals surface area contributed by atoms with Crippen molar-refractivity contribution in [2.24, 2.45) is 0 Å². The number of carbonyl (C=O) groups is 2. The lowest BCUT2D eigenvalue weighted by Gasteiger charge is -2.26. The van der Waals surface area contributed by atoms with Gasteiger partial charge in [-0.2, -0.15) is 0 Å². The molecule has 0 aliphatic carbocycles. The minimum Gasteiger partial charge on any atom is -0.480 e. The number of aliphatic hydroxyl groups is 1. The number of morpholine rings is 1. The predicted molar refractivity (Wildman–Crippen MR) is 103 cm³/mol. The van der Waals surface area contributed by atoms with Gasteiger partial charge in [0.15, 0.2) is 0 Å². The topological polar surface area (TPSA) is 112 Å². The fourth-order valence-electron chi connectivity index (χ4n) is 3.44. The van der Waals surface area contributed by atoms with Gasteiger partial charge in [0.2, 0.25) is 5.91 Å². The lowest BCUT2D eigenvalue weighted by molar-refractivity contribution is -0.142. The van der Waals surface area contributed by atoms with Crippen molar-refractivity contribution in [3.8, 4) is 0 Å². The Hall–Kier alpha value is -2.55. The molecule has 1 saturated heterocycles. The van der Waals surface area contributed by atoms with Crippen molar-refractivity contribution >= 4 is 22.8 Å². The average molecular weight is 387 g/mol. The molecule has 28 heavy (non-hydrogen) atoms. The van der Waals surface area contributed by atoms with Crippen LogP contribution in [-0.2, 0) is 27.4 Å². The molecule has 1 amide bonds. The fourth-order valence-corrected chi connectivity index (χ4v) is 3.44. The van der Waals surface area contributed by atoms with Crippen LogP contribution in [0.4, 0.5) is 0 Å². The van der Waals surface area contributed by atoms with E-state index in [1.54, 1.807) is 6.07 Å². The Labute approximate surface area is 163 Å². The molecule has 0 bridgehead atoms. The number of aryl methyl sites for hydroxylation is 1. The standard InChI is InChI=1S/C20H25N3O5/c1-13-9-15(12-24)16-4-2-3-14(19(16)21-13)10-17(20(26)27)22-18(25)11-23-5-7-28-8-6-23/h2-4,9,17,24H,5-8,10-12H2,1H3,(H,22,25)(H,26,27)/t17-/m0/s1. The van der Waals surface area contributed by atoms with Crippen LogP contribution in [0.1, 0.15) is 16.8 Å². The van der Waals surface area contributed by atoms with E-state index in [1.165, 1.54) is 0 Å². The van der Waals surface area contributed by atoms with Crippen molar-refractivity contribution in [3.63, 3.8) is 0 Å². The molecule has 2 aromatic rings. The number of carboxylic acid groups (broad SMARTS) is 1. The van der Waals surface area contributed by atoms with Gasteiger partial charge in [0, 0.05) is 30.6 Å². The number of pyridine rings is 1.